The van der Waals surface area contributed by atoms with Crippen molar-refractivity contribution in [1.29, 1.82) is 0 Å². The molecule has 0 spiro atoms. The molecule has 0 aliphatic carbocycles. The van der Waals surface area contributed by atoms with Crippen LogP contribution >= 0.6 is 11.8 Å². The maximum Gasteiger partial charge on any atom is 0.0627 e. The van der Waals surface area contributed by atoms with E-state index in [1.54, 1.807) is 0 Å². The molecule has 0 amide bonds. The first-order chi connectivity index (χ1) is 6.49. The summed E-state index contributed by atoms with van der Waals surface area (Å²) in [7, 11) is 0. The molecule has 0 radical (unpaired) electrons. The van der Waals surface area contributed by atoms with Crippen molar-refractivity contribution < 1.29 is 4.74 Å². The van der Waals surface area contributed by atoms with E-state index in [2.05, 4.69) is 33.0 Å². The van der Waals surface area contributed by atoms with E-state index >= 15 is 0 Å². The van der Waals surface area contributed by atoms with Crippen molar-refractivity contribution >= 4 is 11.8 Å². The van der Waals surface area contributed by atoms with Gasteiger partial charge in [-0.3, -0.25) is 0 Å². The first-order valence-corrected chi connectivity index (χ1v) is 6.43. The molecule has 0 aromatic heterocycles. The first kappa shape index (κ1) is 14.3. The predicted molar refractivity (Wildman–Crippen MR) is 66.2 cm³/mol. The van der Waals surface area contributed by atoms with Crippen LogP contribution < -0.4 is 5.32 Å². The highest BCUT2D eigenvalue weighted by Gasteiger charge is 2.14. The zero-order chi connectivity index (χ0) is 11.0. The van der Waals surface area contributed by atoms with Gasteiger partial charge in [-0.2, -0.15) is 11.8 Å². The maximum absolute atomic E-state index is 5.44. The number of likely N-dealkylation sites (N-methyl/N-ethyl adjacent to an activating group) is 1. The van der Waals surface area contributed by atoms with Crippen molar-refractivity contribution in [3.05, 3.63) is 0 Å². The number of hydrogen-bond donors (Lipinski definition) is 1. The van der Waals surface area contributed by atoms with E-state index in [0.29, 0.717) is 10.8 Å². The second kappa shape index (κ2) is 7.55. The van der Waals surface area contributed by atoms with Gasteiger partial charge in [0.25, 0.3) is 0 Å². The van der Waals surface area contributed by atoms with Crippen LogP contribution in [-0.2, 0) is 4.74 Å². The van der Waals surface area contributed by atoms with E-state index in [0.717, 1.165) is 25.5 Å². The Morgan fingerprint density at radius 2 is 1.93 bits per heavy atom. The van der Waals surface area contributed by atoms with E-state index in [9.17, 15) is 0 Å². The van der Waals surface area contributed by atoms with Crippen molar-refractivity contribution in [1.82, 2.24) is 5.32 Å². The van der Waals surface area contributed by atoms with Gasteiger partial charge >= 0.3 is 0 Å². The summed E-state index contributed by atoms with van der Waals surface area (Å²) in [4.78, 5) is 0. The summed E-state index contributed by atoms with van der Waals surface area (Å²) >= 11 is 1.99. The Morgan fingerprint density at radius 1 is 1.29 bits per heavy atom. The molecule has 0 saturated carbocycles. The number of thioether (sulfide) groups is 1. The molecule has 0 rings (SSSR count). The second-order valence-corrected chi connectivity index (χ2v) is 6.18. The molecule has 0 saturated heterocycles. The van der Waals surface area contributed by atoms with Crippen LogP contribution in [0.2, 0.25) is 0 Å². The molecule has 0 aromatic rings. The average molecular weight is 219 g/mol. The fourth-order valence-corrected chi connectivity index (χ4v) is 1.98. The van der Waals surface area contributed by atoms with Crippen LogP contribution in [0.3, 0.4) is 0 Å². The predicted octanol–water partition coefficient (Wildman–Crippen LogP) is 2.53. The first-order valence-electron chi connectivity index (χ1n) is 5.44. The topological polar surface area (TPSA) is 21.3 Å². The minimum Gasteiger partial charge on any atom is -0.380 e. The average Bonchev–Trinajstić information content (AvgIpc) is 2.08. The summed E-state index contributed by atoms with van der Waals surface area (Å²) in [5.74, 6) is 1.12. The quantitative estimate of drug-likeness (QED) is 0.711. The lowest BCUT2D eigenvalue weighted by atomic mass is 10.3. The Kier molecular flexibility index (Phi) is 7.69. The molecule has 0 aliphatic heterocycles. The lowest BCUT2D eigenvalue weighted by Gasteiger charge is -2.23. The smallest absolute Gasteiger partial charge is 0.0627 e. The van der Waals surface area contributed by atoms with Gasteiger partial charge in [0.1, 0.15) is 0 Å². The highest BCUT2D eigenvalue weighted by atomic mass is 32.2. The molecule has 1 N–H and O–H groups in total. The minimum atomic E-state index is 0.347. The standard InChI is InChI=1S/C11H25NOS/c1-6-12-10(8-13-7-2)9-14-11(3,4)5/h10,12H,6-9H2,1-5H3. The molecule has 0 fully saturated rings. The summed E-state index contributed by atoms with van der Waals surface area (Å²) in [6.45, 7) is 13.6. The van der Waals surface area contributed by atoms with Gasteiger partial charge in [0.05, 0.1) is 6.61 Å². The lowest BCUT2D eigenvalue weighted by molar-refractivity contribution is 0.129. The van der Waals surface area contributed by atoms with E-state index < -0.39 is 0 Å². The van der Waals surface area contributed by atoms with Gasteiger partial charge in [-0.05, 0) is 13.5 Å². The van der Waals surface area contributed by atoms with Crippen LogP contribution in [0.25, 0.3) is 0 Å². The molecular formula is C11H25NOS. The Bertz CT molecular complexity index is 134. The minimum absolute atomic E-state index is 0.347. The van der Waals surface area contributed by atoms with Gasteiger partial charge in [0, 0.05) is 23.1 Å². The molecule has 0 heterocycles. The maximum atomic E-state index is 5.44. The normalized spacial score (nSPS) is 14.4. The summed E-state index contributed by atoms with van der Waals surface area (Å²) in [5.41, 5.74) is 0. The molecule has 1 atom stereocenters. The highest BCUT2D eigenvalue weighted by molar-refractivity contribution is 8.00. The van der Waals surface area contributed by atoms with E-state index in [1.807, 2.05) is 18.7 Å². The van der Waals surface area contributed by atoms with Crippen LogP contribution in [0.4, 0.5) is 0 Å². The third-order valence-electron chi connectivity index (χ3n) is 1.73. The number of ether oxygens (including phenoxy) is 1. The molecule has 2 nitrogen and oxygen atoms in total. The molecular weight excluding hydrogens is 194 g/mol. The van der Waals surface area contributed by atoms with Crippen LogP contribution in [0.5, 0.6) is 0 Å². The Hall–Kier alpha value is 0.270. The van der Waals surface area contributed by atoms with Crippen molar-refractivity contribution in [2.24, 2.45) is 0 Å². The highest BCUT2D eigenvalue weighted by Crippen LogP contribution is 2.23. The van der Waals surface area contributed by atoms with E-state index in [1.165, 1.54) is 0 Å². The van der Waals surface area contributed by atoms with Crippen molar-refractivity contribution in [2.45, 2.75) is 45.4 Å². The largest absolute Gasteiger partial charge is 0.380 e. The monoisotopic (exact) mass is 219 g/mol. The van der Waals surface area contributed by atoms with Crippen molar-refractivity contribution in [3.8, 4) is 0 Å². The molecule has 86 valence electrons. The fourth-order valence-electron chi connectivity index (χ4n) is 1.07. The van der Waals surface area contributed by atoms with Gasteiger partial charge in [0.2, 0.25) is 0 Å². The van der Waals surface area contributed by atoms with Crippen molar-refractivity contribution in [3.63, 3.8) is 0 Å². The van der Waals surface area contributed by atoms with Crippen LogP contribution in [0.15, 0.2) is 0 Å². The second-order valence-electron chi connectivity index (χ2n) is 4.34. The third-order valence-corrected chi connectivity index (χ3v) is 3.17. The molecule has 0 aliphatic rings. The van der Waals surface area contributed by atoms with Crippen LogP contribution in [-0.4, -0.2) is 36.3 Å². The molecule has 3 heteroatoms. The zero-order valence-corrected chi connectivity index (χ0v) is 11.0. The van der Waals surface area contributed by atoms with E-state index in [-0.39, 0.29) is 0 Å². The fraction of sp³-hybridized carbons (Fsp3) is 1.00. The van der Waals surface area contributed by atoms with Crippen LogP contribution in [0, 0.1) is 0 Å². The number of rotatable bonds is 7. The number of nitrogens with one attached hydrogen (secondary N) is 1. The van der Waals surface area contributed by atoms with E-state index in [4.69, 9.17) is 4.74 Å². The summed E-state index contributed by atoms with van der Waals surface area (Å²) < 4.78 is 5.78. The van der Waals surface area contributed by atoms with Gasteiger partial charge in [0.15, 0.2) is 0 Å². The van der Waals surface area contributed by atoms with Gasteiger partial charge < -0.3 is 10.1 Å². The molecule has 1 unspecified atom stereocenters. The zero-order valence-electron chi connectivity index (χ0n) is 10.2. The van der Waals surface area contributed by atoms with Gasteiger partial charge in [-0.1, -0.05) is 27.7 Å². The van der Waals surface area contributed by atoms with Gasteiger partial charge in [-0.15, -0.1) is 0 Å². The molecule has 0 bridgehead atoms. The summed E-state index contributed by atoms with van der Waals surface area (Å²) in [6, 6.07) is 0.490. The van der Waals surface area contributed by atoms with Crippen molar-refractivity contribution in [2.75, 3.05) is 25.5 Å². The molecule has 0 aromatic carbocycles. The number of hydrogen-bond acceptors (Lipinski definition) is 3. The van der Waals surface area contributed by atoms with Gasteiger partial charge in [-0.25, -0.2) is 0 Å². The summed E-state index contributed by atoms with van der Waals surface area (Å²) in [5, 5.41) is 3.44. The van der Waals surface area contributed by atoms with Crippen LogP contribution in [0.1, 0.15) is 34.6 Å². The Balaban J connectivity index is 3.72. The SMILES string of the molecule is CCNC(COCC)CSC(C)(C)C. The Labute approximate surface area is 93.2 Å². The lowest BCUT2D eigenvalue weighted by Crippen LogP contribution is -2.36. The summed E-state index contributed by atoms with van der Waals surface area (Å²) in [6.07, 6.45) is 0. The third kappa shape index (κ3) is 8.85. The molecule has 14 heavy (non-hydrogen) atoms. The Morgan fingerprint density at radius 3 is 2.36 bits per heavy atom.